The molecule has 0 aromatic heterocycles. The summed E-state index contributed by atoms with van der Waals surface area (Å²) >= 11 is 0. The first-order valence-corrected chi connectivity index (χ1v) is 12.3. The molecule has 9 nitrogen and oxygen atoms in total. The molecule has 2 unspecified atom stereocenters. The SMILES string of the molecule is COc1c(C)cc2c(c1C)C1[C@@H]3CC4(O)C(=O)C(C)=C5OCOC5=C4[C@H](CO)N3[C@@H](C#N)[C@H](C2)N1C. The number of piperazine rings is 1. The van der Waals surface area contributed by atoms with Crippen LogP contribution < -0.4 is 4.74 Å². The fourth-order valence-electron chi connectivity index (χ4n) is 7.65. The number of fused-ring (bicyclic) bond motifs is 8. The number of nitrogens with zero attached hydrogens (tertiary/aromatic N) is 3. The first kappa shape index (κ1) is 23.5. The first-order chi connectivity index (χ1) is 17.2. The lowest BCUT2D eigenvalue weighted by atomic mass is 9.64. The molecule has 5 aliphatic rings. The van der Waals surface area contributed by atoms with E-state index in [1.807, 2.05) is 25.8 Å². The van der Waals surface area contributed by atoms with Crippen LogP contribution in [-0.4, -0.2) is 83.1 Å². The van der Waals surface area contributed by atoms with E-state index in [-0.39, 0.29) is 31.9 Å². The average Bonchev–Trinajstić information content (AvgIpc) is 3.33. The van der Waals surface area contributed by atoms with Gasteiger partial charge in [-0.3, -0.25) is 14.6 Å². The molecule has 3 saturated heterocycles. The van der Waals surface area contributed by atoms with Crippen LogP contribution in [0.2, 0.25) is 0 Å². The molecule has 1 aromatic rings. The number of methoxy groups -OCH3 is 1. The zero-order valence-corrected chi connectivity index (χ0v) is 21.2. The molecule has 36 heavy (non-hydrogen) atoms. The Morgan fingerprint density at radius 3 is 2.64 bits per heavy atom. The number of benzene rings is 1. The number of piperidine rings is 1. The number of ketones is 1. The predicted octanol–water partition coefficient (Wildman–Crippen LogP) is 1.40. The fourth-order valence-corrected chi connectivity index (χ4v) is 7.65. The van der Waals surface area contributed by atoms with E-state index in [9.17, 15) is 20.3 Å². The van der Waals surface area contributed by atoms with Gasteiger partial charge in [-0.1, -0.05) is 6.07 Å². The molecule has 3 fully saturated rings. The molecule has 4 aliphatic heterocycles. The minimum Gasteiger partial charge on any atom is -0.496 e. The topological polar surface area (TPSA) is 115 Å². The van der Waals surface area contributed by atoms with Crippen LogP contribution in [0.5, 0.6) is 5.75 Å². The predicted molar refractivity (Wildman–Crippen MR) is 128 cm³/mol. The molecule has 2 N–H and O–H groups in total. The maximum Gasteiger partial charge on any atom is 0.231 e. The van der Waals surface area contributed by atoms with Gasteiger partial charge < -0.3 is 24.4 Å². The molecule has 6 rings (SSSR count). The minimum atomic E-state index is -1.86. The lowest BCUT2D eigenvalue weighted by Crippen LogP contribution is -2.74. The van der Waals surface area contributed by atoms with Crippen molar-refractivity contribution in [3.63, 3.8) is 0 Å². The minimum absolute atomic E-state index is 0.0577. The largest absolute Gasteiger partial charge is 0.496 e. The maximum absolute atomic E-state index is 13.6. The number of rotatable bonds is 2. The second kappa shape index (κ2) is 7.80. The Bertz CT molecular complexity index is 1300. The highest BCUT2D eigenvalue weighted by Gasteiger charge is 2.64. The number of nitriles is 1. The smallest absolute Gasteiger partial charge is 0.231 e. The summed E-state index contributed by atoms with van der Waals surface area (Å²) in [6.45, 7) is 5.27. The highest BCUT2D eigenvalue weighted by molar-refractivity contribution is 6.06. The summed E-state index contributed by atoms with van der Waals surface area (Å²) in [5, 5.41) is 33.2. The second-order valence-electron chi connectivity index (χ2n) is 10.6. The summed E-state index contributed by atoms with van der Waals surface area (Å²) < 4.78 is 17.1. The summed E-state index contributed by atoms with van der Waals surface area (Å²) in [6, 6.07) is 2.57. The number of hydrogen-bond donors (Lipinski definition) is 2. The van der Waals surface area contributed by atoms with Gasteiger partial charge in [0, 0.05) is 29.7 Å². The molecule has 0 radical (unpaired) electrons. The number of Topliss-reactive ketones (excluding diaryl/α,β-unsaturated/α-hetero) is 1. The average molecular weight is 494 g/mol. The lowest BCUT2D eigenvalue weighted by molar-refractivity contribution is -0.150. The van der Waals surface area contributed by atoms with E-state index in [2.05, 4.69) is 17.0 Å². The zero-order valence-electron chi connectivity index (χ0n) is 21.2. The number of aliphatic hydroxyl groups excluding tert-OH is 1. The quantitative estimate of drug-likeness (QED) is 0.631. The number of ether oxygens (including phenoxy) is 3. The summed E-state index contributed by atoms with van der Waals surface area (Å²) in [7, 11) is 3.67. The van der Waals surface area contributed by atoms with Gasteiger partial charge in [-0.25, -0.2) is 0 Å². The number of carbonyl (C=O) groups excluding carboxylic acids is 1. The number of aryl methyl sites for hydroxylation is 1. The van der Waals surface area contributed by atoms with Gasteiger partial charge in [-0.2, -0.15) is 5.26 Å². The van der Waals surface area contributed by atoms with Gasteiger partial charge in [-0.05, 0) is 56.5 Å². The molecule has 1 aromatic carbocycles. The number of likely N-dealkylation sites (N-methyl/N-ethyl adjacent to an activating group) is 1. The monoisotopic (exact) mass is 493 g/mol. The van der Waals surface area contributed by atoms with Gasteiger partial charge in [0.1, 0.15) is 11.8 Å². The Kier molecular flexibility index (Phi) is 5.09. The summed E-state index contributed by atoms with van der Waals surface area (Å²) in [5.41, 5.74) is 3.10. The van der Waals surface area contributed by atoms with Crippen LogP contribution in [0.3, 0.4) is 0 Å². The molecular formula is C27H31N3O6. The molecule has 9 heteroatoms. The van der Waals surface area contributed by atoms with Crippen molar-refractivity contribution in [3.8, 4) is 11.8 Å². The molecule has 1 aliphatic carbocycles. The highest BCUT2D eigenvalue weighted by atomic mass is 16.7. The van der Waals surface area contributed by atoms with Crippen molar-refractivity contribution in [1.82, 2.24) is 9.80 Å². The Balaban J connectivity index is 1.60. The Hall–Kier alpha value is -2.90. The molecular weight excluding hydrogens is 462 g/mol. The van der Waals surface area contributed by atoms with Gasteiger partial charge in [0.25, 0.3) is 0 Å². The van der Waals surface area contributed by atoms with Gasteiger partial charge in [-0.15, -0.1) is 0 Å². The zero-order chi connectivity index (χ0) is 25.7. The Morgan fingerprint density at radius 1 is 1.25 bits per heavy atom. The van der Waals surface area contributed by atoms with Crippen molar-refractivity contribution < 1.29 is 29.2 Å². The normalized spacial score (nSPS) is 35.3. The van der Waals surface area contributed by atoms with Crippen molar-refractivity contribution in [3.05, 3.63) is 51.0 Å². The lowest BCUT2D eigenvalue weighted by Gasteiger charge is -2.62. The Labute approximate surface area is 210 Å². The molecule has 2 bridgehead atoms. The van der Waals surface area contributed by atoms with Crippen molar-refractivity contribution >= 4 is 5.78 Å². The van der Waals surface area contributed by atoms with Crippen molar-refractivity contribution in [2.75, 3.05) is 27.6 Å². The summed E-state index contributed by atoms with van der Waals surface area (Å²) in [4.78, 5) is 17.9. The van der Waals surface area contributed by atoms with Gasteiger partial charge in [0.15, 0.2) is 22.9 Å². The Morgan fingerprint density at radius 2 is 1.97 bits per heavy atom. The van der Waals surface area contributed by atoms with Crippen molar-refractivity contribution in [1.29, 1.82) is 5.26 Å². The van der Waals surface area contributed by atoms with Crippen LogP contribution in [0.15, 0.2) is 28.7 Å². The van der Waals surface area contributed by atoms with Crippen molar-refractivity contribution in [2.45, 2.75) is 69.4 Å². The number of carbonyl (C=O) groups is 1. The second-order valence-corrected chi connectivity index (χ2v) is 10.6. The van der Waals surface area contributed by atoms with Gasteiger partial charge >= 0.3 is 0 Å². The van der Waals surface area contributed by atoms with E-state index in [1.165, 1.54) is 0 Å². The van der Waals surface area contributed by atoms with Gasteiger partial charge in [0.2, 0.25) is 6.79 Å². The van der Waals surface area contributed by atoms with E-state index in [0.29, 0.717) is 29.1 Å². The molecule has 0 saturated carbocycles. The van der Waals surface area contributed by atoms with Crippen LogP contribution in [0.4, 0.5) is 0 Å². The van der Waals surface area contributed by atoms with E-state index in [0.717, 1.165) is 28.0 Å². The third-order valence-electron chi connectivity index (χ3n) is 9.03. The molecule has 6 atom stereocenters. The maximum atomic E-state index is 13.6. The summed E-state index contributed by atoms with van der Waals surface area (Å²) in [5.74, 6) is 1.02. The van der Waals surface area contributed by atoms with Crippen molar-refractivity contribution in [2.24, 2.45) is 0 Å². The molecule has 4 heterocycles. The van der Waals surface area contributed by atoms with Gasteiger partial charge in [0.05, 0.1) is 31.9 Å². The van der Waals surface area contributed by atoms with E-state index in [1.54, 1.807) is 14.0 Å². The van der Waals surface area contributed by atoms with Crippen LogP contribution in [-0.2, 0) is 20.7 Å². The standard InChI is InChI=1S/C27H31N3O6/c1-12-6-15-7-16-18(9-28)30-17(22(29(16)4)20(15)13(2)23(12)34-5)8-27(33)21(19(30)10-31)25-24(35-11-36-25)14(3)26(27)32/h6,16-19,22,31,33H,7-8,10-11H2,1-5H3/t16-,17-,18-,19-,22?,27?/m0/s1. The van der Waals surface area contributed by atoms with E-state index in [4.69, 9.17) is 14.2 Å². The summed E-state index contributed by atoms with van der Waals surface area (Å²) in [6.07, 6.45) is 0.747. The van der Waals surface area contributed by atoms with E-state index < -0.39 is 29.5 Å². The molecule has 0 spiro atoms. The third kappa shape index (κ3) is 2.70. The van der Waals surface area contributed by atoms with Crippen LogP contribution in [0.1, 0.15) is 41.6 Å². The highest BCUT2D eigenvalue weighted by Crippen LogP contribution is 2.55. The molecule has 190 valence electrons. The fraction of sp³-hybridized carbons (Fsp3) is 0.556. The van der Waals surface area contributed by atoms with Crippen LogP contribution >= 0.6 is 0 Å². The van der Waals surface area contributed by atoms with E-state index >= 15 is 0 Å². The molecule has 0 amide bonds. The van der Waals surface area contributed by atoms with Crippen LogP contribution in [0, 0.1) is 25.2 Å². The third-order valence-corrected chi connectivity index (χ3v) is 9.03. The number of hydrogen-bond acceptors (Lipinski definition) is 9. The number of aliphatic hydroxyl groups is 2. The first-order valence-electron chi connectivity index (χ1n) is 12.3. The van der Waals surface area contributed by atoms with Crippen LogP contribution in [0.25, 0.3) is 0 Å².